The first-order chi connectivity index (χ1) is 8.47. The summed E-state index contributed by atoms with van der Waals surface area (Å²) in [5.74, 6) is 0.269. The van der Waals surface area contributed by atoms with Gasteiger partial charge in [-0.15, -0.1) is 0 Å². The van der Waals surface area contributed by atoms with E-state index in [2.05, 4.69) is 10.3 Å². The normalized spacial score (nSPS) is 12.9. The van der Waals surface area contributed by atoms with Gasteiger partial charge in [0.2, 0.25) is 11.5 Å². The van der Waals surface area contributed by atoms with Gasteiger partial charge in [0.1, 0.15) is 0 Å². The molecule has 0 aliphatic heterocycles. The Kier molecular flexibility index (Phi) is 5.15. The van der Waals surface area contributed by atoms with Crippen LogP contribution in [-0.4, -0.2) is 33.5 Å². The molecule has 6 heteroatoms. The smallest absolute Gasteiger partial charge is 0.210 e. The van der Waals surface area contributed by atoms with Crippen LogP contribution in [0.4, 0.5) is 0 Å². The van der Waals surface area contributed by atoms with Gasteiger partial charge in [0, 0.05) is 12.5 Å². The SMILES string of the molecule is CN[C@@H](CCCn1c(O)c[nH]c1=N)C(=O)C(C)C. The van der Waals surface area contributed by atoms with Crippen LogP contribution in [0.5, 0.6) is 5.88 Å². The van der Waals surface area contributed by atoms with Crippen molar-refractivity contribution in [3.05, 3.63) is 11.8 Å². The lowest BCUT2D eigenvalue weighted by atomic mass is 9.98. The van der Waals surface area contributed by atoms with Crippen LogP contribution in [0.15, 0.2) is 6.20 Å². The first-order valence-corrected chi connectivity index (χ1v) is 6.20. The van der Waals surface area contributed by atoms with E-state index in [1.165, 1.54) is 10.8 Å². The molecule has 0 fully saturated rings. The summed E-state index contributed by atoms with van der Waals surface area (Å²) >= 11 is 0. The lowest BCUT2D eigenvalue weighted by molar-refractivity contribution is -0.124. The van der Waals surface area contributed by atoms with Crippen LogP contribution in [-0.2, 0) is 11.3 Å². The fourth-order valence-corrected chi connectivity index (χ4v) is 1.91. The number of ketones is 1. The van der Waals surface area contributed by atoms with Gasteiger partial charge in [0.25, 0.3) is 0 Å². The number of carbonyl (C=O) groups excluding carboxylic acids is 1. The van der Waals surface area contributed by atoms with Crippen molar-refractivity contribution in [1.82, 2.24) is 14.9 Å². The summed E-state index contributed by atoms with van der Waals surface area (Å²) in [7, 11) is 1.78. The molecule has 18 heavy (non-hydrogen) atoms. The van der Waals surface area contributed by atoms with Gasteiger partial charge in [-0.1, -0.05) is 13.8 Å². The number of nitrogens with one attached hydrogen (secondary N) is 3. The molecule has 0 aliphatic carbocycles. The minimum absolute atomic E-state index is 0.0162. The number of hydrogen-bond donors (Lipinski definition) is 4. The lowest BCUT2D eigenvalue weighted by Crippen LogP contribution is -2.37. The van der Waals surface area contributed by atoms with Crippen molar-refractivity contribution in [2.75, 3.05) is 7.05 Å². The first kappa shape index (κ1) is 14.5. The summed E-state index contributed by atoms with van der Waals surface area (Å²) in [6.45, 7) is 4.31. The van der Waals surface area contributed by atoms with E-state index in [0.29, 0.717) is 13.0 Å². The van der Waals surface area contributed by atoms with E-state index < -0.39 is 0 Å². The van der Waals surface area contributed by atoms with E-state index in [9.17, 15) is 9.90 Å². The molecule has 0 spiro atoms. The molecule has 1 aromatic rings. The lowest BCUT2D eigenvalue weighted by Gasteiger charge is -2.17. The van der Waals surface area contributed by atoms with E-state index in [4.69, 9.17) is 5.41 Å². The third-order valence-corrected chi connectivity index (χ3v) is 3.02. The summed E-state index contributed by atoms with van der Waals surface area (Å²) in [5.41, 5.74) is 0.170. The van der Waals surface area contributed by atoms with Crippen molar-refractivity contribution < 1.29 is 9.90 Å². The third kappa shape index (κ3) is 3.46. The summed E-state index contributed by atoms with van der Waals surface area (Å²) in [4.78, 5) is 14.5. The molecule has 0 aromatic carbocycles. The summed E-state index contributed by atoms with van der Waals surface area (Å²) in [6.07, 6.45) is 2.81. The van der Waals surface area contributed by atoms with Gasteiger partial charge in [0.15, 0.2) is 5.78 Å². The first-order valence-electron chi connectivity index (χ1n) is 6.20. The van der Waals surface area contributed by atoms with Gasteiger partial charge in [-0.05, 0) is 19.9 Å². The standard InChI is InChI=1S/C12H22N4O2/c1-8(2)11(18)9(14-3)5-4-6-16-10(17)7-15-12(16)13/h7-9,14,17H,4-6H2,1-3H3,(H2,13,15)/t9-/m0/s1. The van der Waals surface area contributed by atoms with Crippen LogP contribution in [0.3, 0.4) is 0 Å². The van der Waals surface area contributed by atoms with Crippen molar-refractivity contribution >= 4 is 5.78 Å². The summed E-state index contributed by atoms with van der Waals surface area (Å²) in [5, 5.41) is 20.0. The second-order valence-electron chi connectivity index (χ2n) is 4.69. The zero-order valence-corrected chi connectivity index (χ0v) is 11.2. The van der Waals surface area contributed by atoms with Crippen molar-refractivity contribution in [2.45, 2.75) is 39.3 Å². The molecule has 0 bridgehead atoms. The molecule has 1 heterocycles. The highest BCUT2D eigenvalue weighted by molar-refractivity contribution is 5.85. The Balaban J connectivity index is 2.50. The van der Waals surface area contributed by atoms with E-state index in [-0.39, 0.29) is 29.2 Å². The Hall–Kier alpha value is -1.56. The van der Waals surface area contributed by atoms with E-state index in [1.54, 1.807) is 7.05 Å². The van der Waals surface area contributed by atoms with Gasteiger partial charge in [-0.25, -0.2) is 0 Å². The molecular formula is C12H22N4O2. The molecule has 1 atom stereocenters. The van der Waals surface area contributed by atoms with E-state index in [0.717, 1.165) is 6.42 Å². The van der Waals surface area contributed by atoms with Gasteiger partial charge in [-0.2, -0.15) is 0 Å². The van der Waals surface area contributed by atoms with Crippen LogP contribution >= 0.6 is 0 Å². The largest absolute Gasteiger partial charge is 0.493 e. The number of carbonyl (C=O) groups is 1. The zero-order valence-electron chi connectivity index (χ0n) is 11.2. The molecule has 6 nitrogen and oxygen atoms in total. The number of imidazole rings is 1. The molecular weight excluding hydrogens is 232 g/mol. The van der Waals surface area contributed by atoms with Gasteiger partial charge >= 0.3 is 0 Å². The Labute approximate surface area is 107 Å². The predicted molar refractivity (Wildman–Crippen MR) is 68.2 cm³/mol. The number of Topliss-reactive ketones (excluding diaryl/α,β-unsaturated/α-hetero) is 1. The number of aromatic nitrogens is 2. The molecule has 1 aromatic heterocycles. The second-order valence-corrected chi connectivity index (χ2v) is 4.69. The van der Waals surface area contributed by atoms with Crippen LogP contribution in [0.25, 0.3) is 0 Å². The fourth-order valence-electron chi connectivity index (χ4n) is 1.91. The van der Waals surface area contributed by atoms with Crippen LogP contribution in [0.2, 0.25) is 0 Å². The third-order valence-electron chi connectivity index (χ3n) is 3.02. The number of rotatable bonds is 7. The van der Waals surface area contributed by atoms with E-state index >= 15 is 0 Å². The monoisotopic (exact) mass is 254 g/mol. The van der Waals surface area contributed by atoms with Crippen LogP contribution in [0, 0.1) is 11.3 Å². The average Bonchev–Trinajstić information content (AvgIpc) is 2.64. The Morgan fingerprint density at radius 1 is 1.61 bits per heavy atom. The highest BCUT2D eigenvalue weighted by Gasteiger charge is 2.18. The number of aromatic amines is 1. The van der Waals surface area contributed by atoms with Crippen molar-refractivity contribution in [1.29, 1.82) is 5.41 Å². The number of hydrogen-bond acceptors (Lipinski definition) is 4. The molecule has 0 amide bonds. The van der Waals surface area contributed by atoms with Crippen LogP contribution < -0.4 is 10.9 Å². The van der Waals surface area contributed by atoms with Gasteiger partial charge < -0.3 is 15.4 Å². The van der Waals surface area contributed by atoms with Gasteiger partial charge in [-0.3, -0.25) is 14.8 Å². The number of aromatic hydroxyl groups is 1. The van der Waals surface area contributed by atoms with E-state index in [1.807, 2.05) is 13.8 Å². The molecule has 0 aliphatic rings. The van der Waals surface area contributed by atoms with Crippen LogP contribution in [0.1, 0.15) is 26.7 Å². The highest BCUT2D eigenvalue weighted by atomic mass is 16.3. The molecule has 0 radical (unpaired) electrons. The average molecular weight is 254 g/mol. The molecule has 0 unspecified atom stereocenters. The quantitative estimate of drug-likeness (QED) is 0.574. The minimum atomic E-state index is -0.152. The van der Waals surface area contributed by atoms with Gasteiger partial charge in [0.05, 0.1) is 12.2 Å². The number of likely N-dealkylation sites (N-methyl/N-ethyl adjacent to an activating group) is 1. The maximum Gasteiger partial charge on any atom is 0.210 e. The summed E-state index contributed by atoms with van der Waals surface area (Å²) < 4.78 is 1.48. The molecule has 0 saturated heterocycles. The van der Waals surface area contributed by atoms with Crippen molar-refractivity contribution in [3.8, 4) is 5.88 Å². The Bertz CT molecular complexity index is 447. The number of H-pyrrole nitrogens is 1. The molecule has 1 rings (SSSR count). The topological polar surface area (TPSA) is 93.9 Å². The maximum atomic E-state index is 11.8. The minimum Gasteiger partial charge on any atom is -0.493 e. The fraction of sp³-hybridized carbons (Fsp3) is 0.667. The maximum absolute atomic E-state index is 11.8. The molecule has 4 N–H and O–H groups in total. The number of nitrogens with zero attached hydrogens (tertiary/aromatic N) is 1. The molecule has 0 saturated carbocycles. The second kappa shape index (κ2) is 6.39. The predicted octanol–water partition coefficient (Wildman–Crippen LogP) is 0.595. The van der Waals surface area contributed by atoms with Crippen molar-refractivity contribution in [2.24, 2.45) is 5.92 Å². The Morgan fingerprint density at radius 3 is 2.72 bits per heavy atom. The highest BCUT2D eigenvalue weighted by Crippen LogP contribution is 2.09. The zero-order chi connectivity index (χ0) is 13.7. The summed E-state index contributed by atoms with van der Waals surface area (Å²) in [6, 6.07) is -0.152. The Morgan fingerprint density at radius 2 is 2.28 bits per heavy atom. The van der Waals surface area contributed by atoms with Crippen molar-refractivity contribution in [3.63, 3.8) is 0 Å². The molecule has 102 valence electrons.